The Morgan fingerprint density at radius 3 is 2.58 bits per heavy atom. The number of rotatable bonds is 2. The Morgan fingerprint density at radius 2 is 2.25 bits per heavy atom. The molecule has 0 aromatic heterocycles. The average Bonchev–Trinajstić information content (AvgIpc) is 1.97. The monoisotopic (exact) mass is 167 g/mol. The van der Waals surface area contributed by atoms with Crippen molar-refractivity contribution in [2.45, 2.75) is 19.9 Å². The van der Waals surface area contributed by atoms with Crippen molar-refractivity contribution >= 4 is 5.91 Å². The van der Waals surface area contributed by atoms with Crippen LogP contribution in [0.1, 0.15) is 13.8 Å². The van der Waals surface area contributed by atoms with Gasteiger partial charge in [-0.2, -0.15) is 5.26 Å². The summed E-state index contributed by atoms with van der Waals surface area (Å²) in [5.41, 5.74) is 4.84. The fourth-order valence-electron chi connectivity index (χ4n) is 1.37. The van der Waals surface area contributed by atoms with E-state index in [4.69, 9.17) is 11.0 Å². The third-order valence-electron chi connectivity index (χ3n) is 2.33. The van der Waals surface area contributed by atoms with Gasteiger partial charge in [0.1, 0.15) is 0 Å². The number of nitrogens with zero attached hydrogens (tertiary/aromatic N) is 2. The minimum Gasteiger partial charge on any atom is -0.368 e. The number of primary amides is 1. The van der Waals surface area contributed by atoms with Crippen molar-refractivity contribution in [2.75, 3.05) is 13.1 Å². The average molecular weight is 167 g/mol. The van der Waals surface area contributed by atoms with E-state index in [0.29, 0.717) is 13.1 Å². The number of hydrogen-bond acceptors (Lipinski definition) is 3. The number of likely N-dealkylation sites (tertiary alicyclic amines) is 1. The summed E-state index contributed by atoms with van der Waals surface area (Å²) >= 11 is 0. The molecule has 0 bridgehead atoms. The fraction of sp³-hybridized carbons (Fsp3) is 0.750. The van der Waals surface area contributed by atoms with Gasteiger partial charge in [-0.25, -0.2) is 0 Å². The third-order valence-corrected chi connectivity index (χ3v) is 2.33. The first-order valence-electron chi connectivity index (χ1n) is 3.93. The van der Waals surface area contributed by atoms with Gasteiger partial charge >= 0.3 is 0 Å². The van der Waals surface area contributed by atoms with Crippen LogP contribution in [0.3, 0.4) is 0 Å². The maximum atomic E-state index is 10.7. The third kappa shape index (κ3) is 1.41. The van der Waals surface area contributed by atoms with Crippen LogP contribution in [-0.4, -0.2) is 29.9 Å². The molecule has 1 atom stereocenters. The molecule has 4 heteroatoms. The quantitative estimate of drug-likeness (QED) is 0.614. The van der Waals surface area contributed by atoms with E-state index < -0.39 is 0 Å². The number of carbonyl (C=O) groups excluding carboxylic acids is 1. The molecule has 12 heavy (non-hydrogen) atoms. The topological polar surface area (TPSA) is 70.1 Å². The summed E-state index contributed by atoms with van der Waals surface area (Å²) in [7, 11) is 0. The molecule has 1 rings (SSSR count). The lowest BCUT2D eigenvalue weighted by atomic mass is 9.82. The number of carbonyl (C=O) groups is 1. The summed E-state index contributed by atoms with van der Waals surface area (Å²) in [6.45, 7) is 4.94. The Morgan fingerprint density at radius 1 is 1.75 bits per heavy atom. The van der Waals surface area contributed by atoms with Crippen molar-refractivity contribution in [3.63, 3.8) is 0 Å². The zero-order valence-electron chi connectivity index (χ0n) is 7.37. The summed E-state index contributed by atoms with van der Waals surface area (Å²) in [5, 5.41) is 8.69. The lowest BCUT2D eigenvalue weighted by molar-refractivity contribution is -0.126. The van der Waals surface area contributed by atoms with Gasteiger partial charge in [0, 0.05) is 13.1 Å². The highest BCUT2D eigenvalue weighted by molar-refractivity contribution is 5.79. The van der Waals surface area contributed by atoms with Crippen molar-refractivity contribution in [3.05, 3.63) is 0 Å². The second kappa shape index (κ2) is 2.76. The molecule has 4 nitrogen and oxygen atoms in total. The van der Waals surface area contributed by atoms with E-state index in [9.17, 15) is 4.79 Å². The van der Waals surface area contributed by atoms with E-state index in [1.54, 1.807) is 6.92 Å². The van der Waals surface area contributed by atoms with Crippen LogP contribution in [-0.2, 0) is 4.79 Å². The van der Waals surface area contributed by atoms with Crippen LogP contribution in [0.15, 0.2) is 0 Å². The lowest BCUT2D eigenvalue weighted by Crippen LogP contribution is -2.60. The Bertz CT molecular complexity index is 237. The van der Waals surface area contributed by atoms with Gasteiger partial charge in [-0.1, -0.05) is 0 Å². The molecular weight excluding hydrogens is 154 g/mol. The number of amides is 1. The molecule has 2 N–H and O–H groups in total. The zero-order valence-corrected chi connectivity index (χ0v) is 7.37. The highest BCUT2D eigenvalue weighted by Gasteiger charge is 2.42. The second-order valence-electron chi connectivity index (χ2n) is 3.66. The summed E-state index contributed by atoms with van der Waals surface area (Å²) in [4.78, 5) is 12.6. The molecule has 66 valence electrons. The maximum Gasteiger partial charge on any atom is 0.234 e. The second-order valence-corrected chi connectivity index (χ2v) is 3.66. The lowest BCUT2D eigenvalue weighted by Gasteiger charge is -2.45. The molecule has 1 fully saturated rings. The van der Waals surface area contributed by atoms with E-state index in [1.165, 1.54) is 0 Å². The molecule has 0 aromatic carbocycles. The first kappa shape index (κ1) is 9.01. The first-order valence-corrected chi connectivity index (χ1v) is 3.93. The van der Waals surface area contributed by atoms with Crippen molar-refractivity contribution in [2.24, 2.45) is 11.1 Å². The predicted octanol–water partition coefficient (Wildman–Crippen LogP) is -0.294. The van der Waals surface area contributed by atoms with Crippen LogP contribution < -0.4 is 5.73 Å². The number of nitriles is 1. The number of nitrogens with two attached hydrogens (primary N) is 1. The largest absolute Gasteiger partial charge is 0.368 e. The SMILES string of the molecule is CC(C(N)=O)N1CC(C)(C#N)C1. The fourth-order valence-corrected chi connectivity index (χ4v) is 1.37. The summed E-state index contributed by atoms with van der Waals surface area (Å²) < 4.78 is 0. The molecule has 1 heterocycles. The minimum atomic E-state index is -0.324. The molecule has 0 radical (unpaired) electrons. The molecule has 1 aliphatic rings. The molecule has 1 saturated heterocycles. The van der Waals surface area contributed by atoms with Gasteiger partial charge in [-0.05, 0) is 13.8 Å². The summed E-state index contributed by atoms with van der Waals surface area (Å²) in [5.74, 6) is -0.324. The molecular formula is C8H13N3O. The smallest absolute Gasteiger partial charge is 0.234 e. The van der Waals surface area contributed by atoms with E-state index in [-0.39, 0.29) is 17.4 Å². The van der Waals surface area contributed by atoms with Crippen molar-refractivity contribution in [1.29, 1.82) is 5.26 Å². The predicted molar refractivity (Wildman–Crippen MR) is 43.9 cm³/mol. The van der Waals surface area contributed by atoms with E-state index >= 15 is 0 Å². The Labute approximate surface area is 71.9 Å². The summed E-state index contributed by atoms with van der Waals surface area (Å²) in [6, 6.07) is 1.96. The van der Waals surface area contributed by atoms with Crippen LogP contribution in [0.4, 0.5) is 0 Å². The van der Waals surface area contributed by atoms with Crippen LogP contribution in [0.2, 0.25) is 0 Å². The zero-order chi connectivity index (χ0) is 9.35. The Hall–Kier alpha value is -1.08. The van der Waals surface area contributed by atoms with Crippen LogP contribution >= 0.6 is 0 Å². The standard InChI is InChI=1S/C8H13N3O/c1-6(7(10)12)11-4-8(2,3-9)5-11/h6H,4-5H2,1-2H3,(H2,10,12). The van der Waals surface area contributed by atoms with Crippen molar-refractivity contribution < 1.29 is 4.79 Å². The normalized spacial score (nSPS) is 23.8. The van der Waals surface area contributed by atoms with Gasteiger partial charge in [0.05, 0.1) is 17.5 Å². The van der Waals surface area contributed by atoms with Gasteiger partial charge in [0.15, 0.2) is 0 Å². The Kier molecular flexibility index (Phi) is 2.07. The highest BCUT2D eigenvalue weighted by atomic mass is 16.1. The van der Waals surface area contributed by atoms with Crippen molar-refractivity contribution in [3.8, 4) is 6.07 Å². The minimum absolute atomic E-state index is 0.244. The Balaban J connectivity index is 2.45. The molecule has 0 aromatic rings. The van der Waals surface area contributed by atoms with Crippen LogP contribution in [0.5, 0.6) is 0 Å². The molecule has 0 spiro atoms. The van der Waals surface area contributed by atoms with Gasteiger partial charge in [-0.3, -0.25) is 9.69 Å². The summed E-state index contributed by atoms with van der Waals surface area (Å²) in [6.07, 6.45) is 0. The molecule has 0 aliphatic carbocycles. The van der Waals surface area contributed by atoms with Crippen LogP contribution in [0, 0.1) is 16.7 Å². The molecule has 1 aliphatic heterocycles. The van der Waals surface area contributed by atoms with E-state index in [1.807, 2.05) is 11.8 Å². The maximum absolute atomic E-state index is 10.7. The van der Waals surface area contributed by atoms with Gasteiger partial charge in [0.2, 0.25) is 5.91 Å². The molecule has 0 saturated carbocycles. The van der Waals surface area contributed by atoms with E-state index in [2.05, 4.69) is 6.07 Å². The number of hydrogen-bond donors (Lipinski definition) is 1. The van der Waals surface area contributed by atoms with Crippen LogP contribution in [0.25, 0.3) is 0 Å². The van der Waals surface area contributed by atoms with Gasteiger partial charge < -0.3 is 5.73 Å². The van der Waals surface area contributed by atoms with Gasteiger partial charge in [0.25, 0.3) is 0 Å². The highest BCUT2D eigenvalue weighted by Crippen LogP contribution is 2.29. The molecule has 1 unspecified atom stereocenters. The van der Waals surface area contributed by atoms with E-state index in [0.717, 1.165) is 0 Å². The van der Waals surface area contributed by atoms with Gasteiger partial charge in [-0.15, -0.1) is 0 Å². The van der Waals surface area contributed by atoms with Crippen molar-refractivity contribution in [1.82, 2.24) is 4.90 Å². The first-order chi connectivity index (χ1) is 5.48. The molecule has 1 amide bonds.